The maximum atomic E-state index is 12.7. The highest BCUT2D eigenvalue weighted by Crippen LogP contribution is 2.19. The predicted octanol–water partition coefficient (Wildman–Crippen LogP) is 3.63. The summed E-state index contributed by atoms with van der Waals surface area (Å²) >= 11 is 5.72. The van der Waals surface area contributed by atoms with Crippen LogP contribution in [-0.2, 0) is 0 Å². The molecule has 0 atom stereocenters. The van der Waals surface area contributed by atoms with E-state index in [2.05, 4.69) is 6.58 Å². The van der Waals surface area contributed by atoms with Gasteiger partial charge in [-0.3, -0.25) is 4.79 Å². The van der Waals surface area contributed by atoms with Gasteiger partial charge in [0.05, 0.1) is 5.02 Å². The number of benzene rings is 1. The van der Waals surface area contributed by atoms with E-state index in [1.54, 1.807) is 6.92 Å². The zero-order chi connectivity index (χ0) is 10.7. The van der Waals surface area contributed by atoms with Crippen molar-refractivity contribution in [1.29, 1.82) is 0 Å². The number of carbonyl (C=O) groups is 1. The van der Waals surface area contributed by atoms with Crippen LogP contribution in [0.4, 0.5) is 4.39 Å². The summed E-state index contributed by atoms with van der Waals surface area (Å²) in [4.78, 5) is 11.5. The third-order valence-corrected chi connectivity index (χ3v) is 2.01. The van der Waals surface area contributed by atoms with E-state index in [1.807, 2.05) is 0 Å². The topological polar surface area (TPSA) is 17.1 Å². The molecule has 14 heavy (non-hydrogen) atoms. The predicted molar refractivity (Wildman–Crippen MR) is 55.2 cm³/mol. The lowest BCUT2D eigenvalue weighted by Crippen LogP contribution is -2.00. The van der Waals surface area contributed by atoms with Gasteiger partial charge in [-0.1, -0.05) is 23.8 Å². The summed E-state index contributed by atoms with van der Waals surface area (Å²) in [5, 5.41) is 0.149. The van der Waals surface area contributed by atoms with Crippen LogP contribution in [0.5, 0.6) is 0 Å². The Hall–Kier alpha value is -1.15. The number of ketones is 1. The highest BCUT2D eigenvalue weighted by Gasteiger charge is 2.10. The van der Waals surface area contributed by atoms with E-state index in [4.69, 9.17) is 11.6 Å². The quantitative estimate of drug-likeness (QED) is 0.552. The highest BCUT2D eigenvalue weighted by atomic mass is 35.5. The molecule has 0 aliphatic carbocycles. The van der Waals surface area contributed by atoms with Crippen LogP contribution in [0.25, 0.3) is 0 Å². The van der Waals surface area contributed by atoms with Crippen molar-refractivity contribution in [2.45, 2.75) is 13.3 Å². The standard InChI is InChI=1S/C11H10ClFO/c1-7(2)5-11(14)9-4-3-8(13)6-10(9)12/h3-4,6H,1,5H2,2H3. The van der Waals surface area contributed by atoms with Gasteiger partial charge in [0.1, 0.15) is 5.82 Å². The molecule has 0 amide bonds. The molecule has 74 valence electrons. The molecule has 0 aliphatic heterocycles. The Morgan fingerprint density at radius 1 is 1.57 bits per heavy atom. The molecule has 0 saturated carbocycles. The summed E-state index contributed by atoms with van der Waals surface area (Å²) in [5.41, 5.74) is 1.10. The van der Waals surface area contributed by atoms with E-state index in [9.17, 15) is 9.18 Å². The zero-order valence-electron chi connectivity index (χ0n) is 7.81. The Kier molecular flexibility index (Phi) is 3.42. The lowest BCUT2D eigenvalue weighted by atomic mass is 10.1. The minimum Gasteiger partial charge on any atom is -0.294 e. The van der Waals surface area contributed by atoms with E-state index in [1.165, 1.54) is 12.1 Å². The van der Waals surface area contributed by atoms with Crippen LogP contribution in [0.3, 0.4) is 0 Å². The van der Waals surface area contributed by atoms with Gasteiger partial charge in [-0.15, -0.1) is 0 Å². The van der Waals surface area contributed by atoms with Crippen LogP contribution >= 0.6 is 11.6 Å². The smallest absolute Gasteiger partial charge is 0.168 e. The Bertz CT molecular complexity index is 385. The summed E-state index contributed by atoms with van der Waals surface area (Å²) in [6, 6.07) is 3.74. The van der Waals surface area contributed by atoms with Crippen molar-refractivity contribution in [3.8, 4) is 0 Å². The molecule has 1 rings (SSSR count). The normalized spacial score (nSPS) is 9.93. The van der Waals surface area contributed by atoms with Crippen molar-refractivity contribution in [1.82, 2.24) is 0 Å². The molecule has 0 fully saturated rings. The number of hydrogen-bond acceptors (Lipinski definition) is 1. The van der Waals surface area contributed by atoms with Gasteiger partial charge in [-0.05, 0) is 25.1 Å². The first-order valence-electron chi connectivity index (χ1n) is 4.13. The van der Waals surface area contributed by atoms with Gasteiger partial charge < -0.3 is 0 Å². The number of Topliss-reactive ketones (excluding diaryl/α,β-unsaturated/α-hetero) is 1. The van der Waals surface area contributed by atoms with Gasteiger partial charge in [-0.2, -0.15) is 0 Å². The molecular formula is C11H10ClFO. The highest BCUT2D eigenvalue weighted by molar-refractivity contribution is 6.34. The van der Waals surface area contributed by atoms with Crippen molar-refractivity contribution < 1.29 is 9.18 Å². The van der Waals surface area contributed by atoms with Gasteiger partial charge in [0.2, 0.25) is 0 Å². The first kappa shape index (κ1) is 10.9. The van der Waals surface area contributed by atoms with Gasteiger partial charge in [-0.25, -0.2) is 4.39 Å². The van der Waals surface area contributed by atoms with Crippen molar-refractivity contribution in [2.24, 2.45) is 0 Å². The van der Waals surface area contributed by atoms with Crippen LogP contribution in [0, 0.1) is 5.82 Å². The van der Waals surface area contributed by atoms with Crippen molar-refractivity contribution in [3.05, 3.63) is 46.8 Å². The van der Waals surface area contributed by atoms with Gasteiger partial charge in [0, 0.05) is 12.0 Å². The van der Waals surface area contributed by atoms with Crippen LogP contribution < -0.4 is 0 Å². The molecule has 0 unspecified atom stereocenters. The molecular weight excluding hydrogens is 203 g/mol. The van der Waals surface area contributed by atoms with Crippen LogP contribution in [-0.4, -0.2) is 5.78 Å². The largest absolute Gasteiger partial charge is 0.294 e. The fourth-order valence-corrected chi connectivity index (χ4v) is 1.36. The molecule has 0 bridgehead atoms. The van der Waals surface area contributed by atoms with E-state index < -0.39 is 5.82 Å². The molecule has 0 N–H and O–H groups in total. The van der Waals surface area contributed by atoms with E-state index >= 15 is 0 Å². The van der Waals surface area contributed by atoms with E-state index in [0.717, 1.165) is 11.6 Å². The Balaban J connectivity index is 2.96. The molecule has 1 aromatic carbocycles. The Labute approximate surface area is 87.2 Å². The van der Waals surface area contributed by atoms with Crippen molar-refractivity contribution in [2.75, 3.05) is 0 Å². The van der Waals surface area contributed by atoms with Crippen molar-refractivity contribution in [3.63, 3.8) is 0 Å². The summed E-state index contributed by atoms with van der Waals surface area (Å²) in [6.45, 7) is 5.39. The SMILES string of the molecule is C=C(C)CC(=O)c1ccc(F)cc1Cl. The monoisotopic (exact) mass is 212 g/mol. The van der Waals surface area contributed by atoms with Gasteiger partial charge in [0.15, 0.2) is 5.78 Å². The third kappa shape index (κ3) is 2.67. The molecule has 0 aromatic heterocycles. The number of allylic oxidation sites excluding steroid dienone is 1. The second-order valence-electron chi connectivity index (χ2n) is 3.18. The maximum Gasteiger partial charge on any atom is 0.168 e. The zero-order valence-corrected chi connectivity index (χ0v) is 8.57. The minimum atomic E-state index is -0.443. The van der Waals surface area contributed by atoms with Gasteiger partial charge >= 0.3 is 0 Å². The third-order valence-electron chi connectivity index (χ3n) is 1.69. The summed E-state index contributed by atoms with van der Waals surface area (Å²) in [6.07, 6.45) is 0.241. The van der Waals surface area contributed by atoms with Crippen LogP contribution in [0.1, 0.15) is 23.7 Å². The summed E-state index contributed by atoms with van der Waals surface area (Å²) < 4.78 is 12.7. The second kappa shape index (κ2) is 4.38. The average molecular weight is 213 g/mol. The van der Waals surface area contributed by atoms with E-state index in [0.29, 0.717) is 5.56 Å². The molecule has 0 radical (unpaired) electrons. The molecule has 1 aromatic rings. The fourth-order valence-electron chi connectivity index (χ4n) is 1.08. The second-order valence-corrected chi connectivity index (χ2v) is 3.59. The van der Waals surface area contributed by atoms with E-state index in [-0.39, 0.29) is 17.2 Å². The summed E-state index contributed by atoms with van der Waals surface area (Å²) in [7, 11) is 0. The fraction of sp³-hybridized carbons (Fsp3) is 0.182. The lowest BCUT2D eigenvalue weighted by molar-refractivity contribution is 0.0993. The first-order valence-corrected chi connectivity index (χ1v) is 4.51. The number of rotatable bonds is 3. The summed E-state index contributed by atoms with van der Waals surface area (Å²) in [5.74, 6) is -0.579. The molecule has 0 spiro atoms. The molecule has 3 heteroatoms. The number of halogens is 2. The molecule has 0 heterocycles. The molecule has 1 nitrogen and oxygen atoms in total. The maximum absolute atomic E-state index is 12.7. The van der Waals surface area contributed by atoms with Gasteiger partial charge in [0.25, 0.3) is 0 Å². The molecule has 0 aliphatic rings. The Morgan fingerprint density at radius 2 is 2.21 bits per heavy atom. The van der Waals surface area contributed by atoms with Crippen LogP contribution in [0.15, 0.2) is 30.4 Å². The number of hydrogen-bond donors (Lipinski definition) is 0. The van der Waals surface area contributed by atoms with Crippen LogP contribution in [0.2, 0.25) is 5.02 Å². The Morgan fingerprint density at radius 3 is 2.71 bits per heavy atom. The lowest BCUT2D eigenvalue weighted by Gasteiger charge is -2.02. The molecule has 0 saturated heterocycles. The first-order chi connectivity index (χ1) is 6.50. The van der Waals surface area contributed by atoms with Crippen molar-refractivity contribution >= 4 is 17.4 Å². The number of carbonyl (C=O) groups excluding carboxylic acids is 1. The minimum absolute atomic E-state index is 0.137. The average Bonchev–Trinajstić information content (AvgIpc) is 2.01.